The number of nitrogen functional groups attached to an aromatic ring is 1. The van der Waals surface area contributed by atoms with Gasteiger partial charge in [-0.1, -0.05) is 11.8 Å². The molecule has 0 spiro atoms. The third-order valence-corrected chi connectivity index (χ3v) is 3.59. The molecule has 0 amide bonds. The summed E-state index contributed by atoms with van der Waals surface area (Å²) < 4.78 is 18.5. The van der Waals surface area contributed by atoms with E-state index in [2.05, 4.69) is 25.4 Å². The average molecular weight is 306 g/mol. The van der Waals surface area contributed by atoms with Crippen LogP contribution < -0.4 is 5.73 Å². The maximum Gasteiger partial charge on any atom is 0.247 e. The highest BCUT2D eigenvalue weighted by Crippen LogP contribution is 2.33. The molecule has 1 aromatic carbocycles. The first-order valence-corrected chi connectivity index (χ1v) is 6.93. The molecule has 3 aromatic rings. The average Bonchev–Trinajstić information content (AvgIpc) is 3.09. The van der Waals surface area contributed by atoms with Gasteiger partial charge in [0.25, 0.3) is 0 Å². The number of nitrogens with one attached hydrogen (secondary N) is 1. The third-order valence-electron chi connectivity index (χ3n) is 2.64. The number of hydrogen-bond donors (Lipinski definition) is 2. The summed E-state index contributed by atoms with van der Waals surface area (Å²) in [6.45, 7) is 1.89. The lowest BCUT2D eigenvalue weighted by atomic mass is 10.2. The SMILES string of the molecule is CC(Sc1n[nH]c(N)n1)c1nnc(-c2ccc(F)cc2)o1. The Labute approximate surface area is 123 Å². The molecule has 9 heteroatoms. The van der Waals surface area contributed by atoms with Crippen molar-refractivity contribution in [3.8, 4) is 11.5 Å². The molecule has 1 unspecified atom stereocenters. The second kappa shape index (κ2) is 5.52. The molecule has 21 heavy (non-hydrogen) atoms. The van der Waals surface area contributed by atoms with Gasteiger partial charge in [0.05, 0.1) is 5.25 Å². The molecule has 0 aliphatic rings. The van der Waals surface area contributed by atoms with Crippen LogP contribution in [0.5, 0.6) is 0 Å². The number of thioether (sulfide) groups is 1. The van der Waals surface area contributed by atoms with Crippen LogP contribution in [0.25, 0.3) is 11.5 Å². The van der Waals surface area contributed by atoms with Crippen LogP contribution in [0.3, 0.4) is 0 Å². The van der Waals surface area contributed by atoms with E-state index in [-0.39, 0.29) is 17.0 Å². The van der Waals surface area contributed by atoms with Crippen molar-refractivity contribution in [1.82, 2.24) is 25.4 Å². The van der Waals surface area contributed by atoms with Crippen LogP contribution in [0, 0.1) is 5.82 Å². The van der Waals surface area contributed by atoms with E-state index in [1.807, 2.05) is 6.92 Å². The second-order valence-corrected chi connectivity index (χ2v) is 5.52. The summed E-state index contributed by atoms with van der Waals surface area (Å²) in [5.74, 6) is 0.710. The second-order valence-electron chi connectivity index (χ2n) is 4.22. The Morgan fingerprint density at radius 2 is 2.05 bits per heavy atom. The summed E-state index contributed by atoms with van der Waals surface area (Å²) in [6.07, 6.45) is 0. The Hall–Kier alpha value is -2.42. The Bertz CT molecular complexity index is 740. The molecule has 7 nitrogen and oxygen atoms in total. The van der Waals surface area contributed by atoms with Crippen LogP contribution in [0.2, 0.25) is 0 Å². The van der Waals surface area contributed by atoms with Crippen LogP contribution >= 0.6 is 11.8 Å². The van der Waals surface area contributed by atoms with Crippen molar-refractivity contribution >= 4 is 17.7 Å². The normalized spacial score (nSPS) is 12.5. The number of H-pyrrole nitrogens is 1. The standard InChI is InChI=1S/C12H11FN6OS/c1-6(21-12-15-11(14)18-19-12)9-16-17-10(20-9)7-2-4-8(13)5-3-7/h2-6H,1H3,(H3,14,15,18,19). The highest BCUT2D eigenvalue weighted by Gasteiger charge is 2.18. The van der Waals surface area contributed by atoms with Crippen molar-refractivity contribution in [3.63, 3.8) is 0 Å². The zero-order valence-corrected chi connectivity index (χ0v) is 11.8. The van der Waals surface area contributed by atoms with Gasteiger partial charge in [0.1, 0.15) is 5.82 Å². The molecule has 3 N–H and O–H groups in total. The Morgan fingerprint density at radius 1 is 1.29 bits per heavy atom. The summed E-state index contributed by atoms with van der Waals surface area (Å²) in [4.78, 5) is 3.99. The smallest absolute Gasteiger partial charge is 0.247 e. The largest absolute Gasteiger partial charge is 0.419 e. The molecule has 1 atom stereocenters. The molecular weight excluding hydrogens is 295 g/mol. The van der Waals surface area contributed by atoms with Gasteiger partial charge in [-0.05, 0) is 31.2 Å². The fourth-order valence-electron chi connectivity index (χ4n) is 1.63. The molecule has 2 heterocycles. The van der Waals surface area contributed by atoms with Crippen molar-refractivity contribution in [1.29, 1.82) is 0 Å². The quantitative estimate of drug-likeness (QED) is 0.713. The van der Waals surface area contributed by atoms with Crippen LogP contribution in [0.15, 0.2) is 33.8 Å². The Kier molecular flexibility index (Phi) is 3.57. The van der Waals surface area contributed by atoms with E-state index in [1.54, 1.807) is 12.1 Å². The Morgan fingerprint density at radius 3 is 2.71 bits per heavy atom. The highest BCUT2D eigenvalue weighted by molar-refractivity contribution is 7.99. The fraction of sp³-hybridized carbons (Fsp3) is 0.167. The lowest BCUT2D eigenvalue weighted by Crippen LogP contribution is -1.90. The molecule has 2 aromatic heterocycles. The lowest BCUT2D eigenvalue weighted by molar-refractivity contribution is 0.509. The Balaban J connectivity index is 1.76. The molecular formula is C12H11FN6OS. The van der Waals surface area contributed by atoms with E-state index in [4.69, 9.17) is 10.2 Å². The predicted molar refractivity (Wildman–Crippen MR) is 74.8 cm³/mol. The number of rotatable bonds is 4. The first kappa shape index (κ1) is 13.6. The van der Waals surface area contributed by atoms with E-state index < -0.39 is 0 Å². The molecule has 0 saturated carbocycles. The number of hydrogen-bond acceptors (Lipinski definition) is 7. The topological polar surface area (TPSA) is 107 Å². The van der Waals surface area contributed by atoms with Crippen molar-refractivity contribution in [2.75, 3.05) is 5.73 Å². The zero-order chi connectivity index (χ0) is 14.8. The maximum absolute atomic E-state index is 12.9. The van der Waals surface area contributed by atoms with Gasteiger partial charge in [0.15, 0.2) is 0 Å². The summed E-state index contributed by atoms with van der Waals surface area (Å²) in [5, 5.41) is 14.8. The van der Waals surface area contributed by atoms with E-state index in [0.717, 1.165) is 0 Å². The van der Waals surface area contributed by atoms with E-state index in [0.29, 0.717) is 22.5 Å². The monoisotopic (exact) mass is 306 g/mol. The summed E-state index contributed by atoms with van der Waals surface area (Å²) >= 11 is 1.34. The number of halogens is 1. The minimum Gasteiger partial charge on any atom is -0.419 e. The van der Waals surface area contributed by atoms with Crippen molar-refractivity contribution in [2.24, 2.45) is 0 Å². The lowest BCUT2D eigenvalue weighted by Gasteiger charge is -2.01. The first-order chi connectivity index (χ1) is 10.1. The van der Waals surface area contributed by atoms with E-state index in [1.165, 1.54) is 23.9 Å². The molecule has 0 bridgehead atoms. The van der Waals surface area contributed by atoms with Crippen LogP contribution in [-0.4, -0.2) is 25.4 Å². The number of nitrogens with two attached hydrogens (primary N) is 1. The summed E-state index contributed by atoms with van der Waals surface area (Å²) in [5.41, 5.74) is 6.12. The molecule has 0 saturated heterocycles. The summed E-state index contributed by atoms with van der Waals surface area (Å²) in [6, 6.07) is 5.85. The zero-order valence-electron chi connectivity index (χ0n) is 10.9. The van der Waals surface area contributed by atoms with E-state index in [9.17, 15) is 4.39 Å². The van der Waals surface area contributed by atoms with Gasteiger partial charge in [0, 0.05) is 5.56 Å². The molecule has 0 radical (unpaired) electrons. The number of aromatic amines is 1. The van der Waals surface area contributed by atoms with Gasteiger partial charge < -0.3 is 10.2 Å². The first-order valence-electron chi connectivity index (χ1n) is 6.05. The molecule has 0 fully saturated rings. The number of aromatic nitrogens is 5. The van der Waals surface area contributed by atoms with Gasteiger partial charge in [-0.15, -0.1) is 15.3 Å². The van der Waals surface area contributed by atoms with Gasteiger partial charge in [-0.3, -0.25) is 0 Å². The minimum absolute atomic E-state index is 0.137. The number of benzene rings is 1. The molecule has 0 aliphatic heterocycles. The summed E-state index contributed by atoms with van der Waals surface area (Å²) in [7, 11) is 0. The third kappa shape index (κ3) is 3.02. The maximum atomic E-state index is 12.9. The van der Waals surface area contributed by atoms with E-state index >= 15 is 0 Å². The molecule has 108 valence electrons. The predicted octanol–water partition coefficient (Wildman–Crippen LogP) is 2.43. The number of nitrogens with zero attached hydrogens (tertiary/aromatic N) is 4. The van der Waals surface area contributed by atoms with Gasteiger partial charge in [-0.2, -0.15) is 4.98 Å². The highest BCUT2D eigenvalue weighted by atomic mass is 32.2. The van der Waals surface area contributed by atoms with Gasteiger partial charge in [-0.25, -0.2) is 9.49 Å². The minimum atomic E-state index is -0.315. The fourth-order valence-corrected chi connectivity index (χ4v) is 2.39. The molecule has 0 aliphatic carbocycles. The number of anilines is 1. The van der Waals surface area contributed by atoms with Crippen LogP contribution in [0.4, 0.5) is 10.3 Å². The molecule has 3 rings (SSSR count). The van der Waals surface area contributed by atoms with Gasteiger partial charge in [0.2, 0.25) is 22.9 Å². The van der Waals surface area contributed by atoms with Crippen LogP contribution in [0.1, 0.15) is 18.1 Å². The van der Waals surface area contributed by atoms with Crippen molar-refractivity contribution in [2.45, 2.75) is 17.3 Å². The van der Waals surface area contributed by atoms with Crippen molar-refractivity contribution < 1.29 is 8.81 Å². The van der Waals surface area contributed by atoms with Crippen molar-refractivity contribution in [3.05, 3.63) is 36.0 Å². The van der Waals surface area contributed by atoms with Gasteiger partial charge >= 0.3 is 0 Å². The van der Waals surface area contributed by atoms with Crippen LogP contribution in [-0.2, 0) is 0 Å².